The molecule has 6 atom stereocenters. The molecule has 0 aromatic heterocycles. The van der Waals surface area contributed by atoms with Crippen LogP contribution in [-0.4, -0.2) is 63.5 Å². The fourth-order valence-corrected chi connectivity index (χ4v) is 10.0. The van der Waals surface area contributed by atoms with E-state index in [2.05, 4.69) is 13.2 Å². The van der Waals surface area contributed by atoms with Crippen molar-refractivity contribution in [3.05, 3.63) is 121 Å². The van der Waals surface area contributed by atoms with Gasteiger partial charge in [0.1, 0.15) is 6.04 Å². The topological polar surface area (TPSA) is 81.2 Å². The fraction of sp³-hybridized carbons (Fsp3) is 0.342. The second-order valence-corrected chi connectivity index (χ2v) is 14.1. The number of aliphatic hydroxyl groups excluding tert-OH is 1. The van der Waals surface area contributed by atoms with Crippen LogP contribution in [0, 0.1) is 25.7 Å². The van der Waals surface area contributed by atoms with Crippen LogP contribution in [0.4, 0.5) is 11.4 Å². The van der Waals surface area contributed by atoms with Crippen molar-refractivity contribution < 1.29 is 19.5 Å². The summed E-state index contributed by atoms with van der Waals surface area (Å²) >= 11 is 1.63. The van der Waals surface area contributed by atoms with Crippen molar-refractivity contribution in [3.8, 4) is 0 Å². The van der Waals surface area contributed by atoms with Gasteiger partial charge in [0, 0.05) is 29.7 Å². The lowest BCUT2D eigenvalue weighted by Gasteiger charge is -2.40. The van der Waals surface area contributed by atoms with Gasteiger partial charge in [0.05, 0.1) is 29.2 Å². The zero-order chi connectivity index (χ0) is 32.6. The number of fused-ring (bicyclic) bond motifs is 1. The third-order valence-corrected chi connectivity index (χ3v) is 11.8. The van der Waals surface area contributed by atoms with E-state index in [0.29, 0.717) is 13.0 Å². The van der Waals surface area contributed by atoms with Crippen LogP contribution in [0.3, 0.4) is 0 Å². The molecule has 3 aliphatic rings. The van der Waals surface area contributed by atoms with Gasteiger partial charge in [0.2, 0.25) is 11.8 Å². The third kappa shape index (κ3) is 5.17. The SMILES string of the molecule is C=CCN(C(=O)[C@@H]1[C@H]2C(=O)N([C@H](CO)c3ccccc3)C(C(=O)N(CC=C)c3cc(C)ccc3C)C23CC[C@H]1S3)c1ccccc1. The minimum atomic E-state index is -0.889. The van der Waals surface area contributed by atoms with Crippen molar-refractivity contribution in [2.75, 3.05) is 29.5 Å². The Morgan fingerprint density at radius 3 is 2.28 bits per heavy atom. The van der Waals surface area contributed by atoms with E-state index in [0.717, 1.165) is 34.5 Å². The summed E-state index contributed by atoms with van der Waals surface area (Å²) in [5.74, 6) is -1.92. The number of carbonyl (C=O) groups excluding carboxylic acids is 3. The van der Waals surface area contributed by atoms with Crippen LogP contribution in [0.5, 0.6) is 0 Å². The Balaban J connectivity index is 1.49. The Hall–Kier alpha value is -4.14. The minimum Gasteiger partial charge on any atom is -0.394 e. The molecular weight excluding hydrogens is 595 g/mol. The molecule has 8 heteroatoms. The molecule has 3 heterocycles. The largest absolute Gasteiger partial charge is 0.394 e. The van der Waals surface area contributed by atoms with Gasteiger partial charge in [-0.25, -0.2) is 0 Å². The van der Waals surface area contributed by atoms with E-state index in [1.165, 1.54) is 0 Å². The number of hydrogen-bond acceptors (Lipinski definition) is 5. The van der Waals surface area contributed by atoms with Crippen molar-refractivity contribution in [1.82, 2.24) is 4.90 Å². The molecule has 0 saturated carbocycles. The predicted octanol–water partition coefficient (Wildman–Crippen LogP) is 5.87. The Bertz CT molecular complexity index is 1650. The maximum absolute atomic E-state index is 15.1. The van der Waals surface area contributed by atoms with Crippen LogP contribution < -0.4 is 9.80 Å². The molecule has 3 aromatic carbocycles. The number of carbonyl (C=O) groups is 3. The van der Waals surface area contributed by atoms with Crippen molar-refractivity contribution in [2.24, 2.45) is 11.8 Å². The highest BCUT2D eigenvalue weighted by atomic mass is 32.2. The first-order chi connectivity index (χ1) is 22.3. The van der Waals surface area contributed by atoms with Crippen LogP contribution in [0.15, 0.2) is 104 Å². The molecule has 6 rings (SSSR count). The van der Waals surface area contributed by atoms with E-state index in [-0.39, 0.29) is 36.1 Å². The van der Waals surface area contributed by atoms with Crippen molar-refractivity contribution >= 4 is 40.9 Å². The summed E-state index contributed by atoms with van der Waals surface area (Å²) in [5, 5.41) is 10.8. The van der Waals surface area contributed by atoms with Crippen molar-refractivity contribution in [1.29, 1.82) is 0 Å². The standard InChI is InChI=1S/C38H41N3O4S/c1-5-21-39(28-15-11-8-12-16-28)35(43)32-31-19-20-38(46-31)33(32)36(44)41(30(24-42)27-13-9-7-10-14-27)34(38)37(45)40(22-6-2)29-23-25(3)17-18-26(29)4/h5-18,23,30-34,42H,1-2,19-22,24H2,3-4H3/t30-,31-,32+,33+,34?,38?/m1/s1. The summed E-state index contributed by atoms with van der Waals surface area (Å²) < 4.78 is -0.824. The summed E-state index contributed by atoms with van der Waals surface area (Å²) in [5.41, 5.74) is 4.21. The number of benzene rings is 3. The molecule has 0 aliphatic carbocycles. The van der Waals surface area contributed by atoms with E-state index in [4.69, 9.17) is 0 Å². The molecule has 2 unspecified atom stereocenters. The van der Waals surface area contributed by atoms with Crippen molar-refractivity contribution in [2.45, 2.75) is 48.8 Å². The Morgan fingerprint density at radius 2 is 1.63 bits per heavy atom. The summed E-state index contributed by atoms with van der Waals surface area (Å²) in [7, 11) is 0. The summed E-state index contributed by atoms with van der Waals surface area (Å²) in [6.07, 6.45) is 4.75. The van der Waals surface area contributed by atoms with Crippen LogP contribution in [0.2, 0.25) is 0 Å². The quantitative estimate of drug-likeness (QED) is 0.267. The molecule has 0 radical (unpaired) electrons. The van der Waals surface area contributed by atoms with Crippen molar-refractivity contribution in [3.63, 3.8) is 0 Å². The third-order valence-electron chi connectivity index (χ3n) is 9.83. The Morgan fingerprint density at radius 1 is 0.978 bits per heavy atom. The lowest BCUT2D eigenvalue weighted by atomic mass is 9.70. The van der Waals surface area contributed by atoms with Gasteiger partial charge in [0.25, 0.3) is 5.91 Å². The van der Waals surface area contributed by atoms with Crippen LogP contribution in [0.25, 0.3) is 0 Å². The van der Waals surface area contributed by atoms with Crippen LogP contribution in [0.1, 0.15) is 35.6 Å². The normalized spacial score (nSPS) is 25.2. The van der Waals surface area contributed by atoms with E-state index >= 15 is 4.79 Å². The van der Waals surface area contributed by atoms with Gasteiger partial charge in [-0.1, -0.05) is 72.8 Å². The van der Waals surface area contributed by atoms with Crippen LogP contribution >= 0.6 is 11.8 Å². The predicted molar refractivity (Wildman–Crippen MR) is 185 cm³/mol. The second-order valence-electron chi connectivity index (χ2n) is 12.5. The summed E-state index contributed by atoms with van der Waals surface area (Å²) in [4.78, 5) is 49.7. The average molecular weight is 636 g/mol. The zero-order valence-corrected chi connectivity index (χ0v) is 27.2. The van der Waals surface area contributed by atoms with Gasteiger partial charge in [-0.2, -0.15) is 0 Å². The van der Waals surface area contributed by atoms with Gasteiger partial charge in [-0.15, -0.1) is 24.9 Å². The number of likely N-dealkylation sites (tertiary alicyclic amines) is 1. The molecule has 1 spiro atoms. The highest BCUT2D eigenvalue weighted by Crippen LogP contribution is 2.67. The molecule has 46 heavy (non-hydrogen) atoms. The number of aryl methyl sites for hydroxylation is 2. The molecule has 3 aromatic rings. The summed E-state index contributed by atoms with van der Waals surface area (Å²) in [6, 6.07) is 23.2. The number of aliphatic hydroxyl groups is 1. The van der Waals surface area contributed by atoms with Gasteiger partial charge < -0.3 is 19.8 Å². The Labute approximate surface area is 275 Å². The number of hydrogen-bond donors (Lipinski definition) is 1. The lowest BCUT2D eigenvalue weighted by Crippen LogP contribution is -2.56. The molecular formula is C38H41N3O4S. The first-order valence-corrected chi connectivity index (χ1v) is 16.8. The van der Waals surface area contributed by atoms with Gasteiger partial charge >= 0.3 is 0 Å². The highest BCUT2D eigenvalue weighted by molar-refractivity contribution is 8.02. The number of nitrogens with zero attached hydrogens (tertiary/aromatic N) is 3. The molecule has 3 aliphatic heterocycles. The monoisotopic (exact) mass is 635 g/mol. The lowest BCUT2D eigenvalue weighted by molar-refractivity contribution is -0.142. The molecule has 7 nitrogen and oxygen atoms in total. The van der Waals surface area contributed by atoms with E-state index in [9.17, 15) is 14.7 Å². The minimum absolute atomic E-state index is 0.104. The number of amides is 3. The van der Waals surface area contributed by atoms with Crippen LogP contribution in [-0.2, 0) is 14.4 Å². The van der Waals surface area contributed by atoms with Gasteiger partial charge in [-0.3, -0.25) is 14.4 Å². The summed E-state index contributed by atoms with van der Waals surface area (Å²) in [6.45, 7) is 12.0. The maximum atomic E-state index is 15.1. The highest BCUT2D eigenvalue weighted by Gasteiger charge is 2.75. The number of para-hydroxylation sites is 1. The fourth-order valence-electron chi connectivity index (χ4n) is 7.85. The molecule has 3 amide bonds. The first-order valence-electron chi connectivity index (χ1n) is 15.9. The van der Waals surface area contributed by atoms with E-state index in [1.54, 1.807) is 38.6 Å². The maximum Gasteiger partial charge on any atom is 0.251 e. The Kier molecular flexibility index (Phi) is 8.95. The molecule has 2 bridgehead atoms. The molecule has 3 fully saturated rings. The number of rotatable bonds is 11. The van der Waals surface area contributed by atoms with Gasteiger partial charge in [-0.05, 0) is 61.6 Å². The van der Waals surface area contributed by atoms with E-state index in [1.807, 2.05) is 92.7 Å². The molecule has 238 valence electrons. The first kappa shape index (κ1) is 31.8. The number of anilines is 2. The zero-order valence-electron chi connectivity index (χ0n) is 26.4. The average Bonchev–Trinajstić information content (AvgIpc) is 3.72. The number of thioether (sulfide) groups is 1. The van der Waals surface area contributed by atoms with Gasteiger partial charge in [0.15, 0.2) is 0 Å². The van der Waals surface area contributed by atoms with E-state index < -0.39 is 28.7 Å². The second kappa shape index (κ2) is 12.9. The molecule has 3 saturated heterocycles. The smallest absolute Gasteiger partial charge is 0.251 e. The molecule has 1 N–H and O–H groups in total.